The molecular formula is C16H24FN3O. The van der Waals surface area contributed by atoms with E-state index in [4.69, 9.17) is 0 Å². The summed E-state index contributed by atoms with van der Waals surface area (Å²) >= 11 is 0. The van der Waals surface area contributed by atoms with Gasteiger partial charge in [-0.3, -0.25) is 4.79 Å². The number of anilines is 1. The van der Waals surface area contributed by atoms with Gasteiger partial charge in [-0.25, -0.2) is 4.39 Å². The number of nitrogens with zero attached hydrogens (tertiary/aromatic N) is 2. The van der Waals surface area contributed by atoms with Crippen LogP contribution in [-0.4, -0.2) is 44.0 Å². The molecule has 1 fully saturated rings. The summed E-state index contributed by atoms with van der Waals surface area (Å²) in [7, 11) is 1.82. The Kier molecular flexibility index (Phi) is 5.56. The summed E-state index contributed by atoms with van der Waals surface area (Å²) in [6.45, 7) is 5.29. The smallest absolute Gasteiger partial charge is 0.241 e. The number of halogens is 1. The molecule has 0 atom stereocenters. The first-order chi connectivity index (χ1) is 10.1. The van der Waals surface area contributed by atoms with E-state index >= 15 is 0 Å². The molecule has 1 aliphatic rings. The van der Waals surface area contributed by atoms with E-state index in [2.05, 4.69) is 12.2 Å². The Morgan fingerprint density at radius 2 is 2.14 bits per heavy atom. The lowest BCUT2D eigenvalue weighted by Crippen LogP contribution is -2.35. The Morgan fingerprint density at radius 3 is 2.90 bits per heavy atom. The molecule has 0 radical (unpaired) electrons. The average Bonchev–Trinajstić information content (AvgIpc) is 2.63. The molecule has 116 valence electrons. The lowest BCUT2D eigenvalue weighted by Gasteiger charge is -2.25. The van der Waals surface area contributed by atoms with Crippen molar-refractivity contribution in [2.75, 3.05) is 38.1 Å². The Hall–Kier alpha value is -1.62. The lowest BCUT2D eigenvalue weighted by atomic mass is 10.1. The third kappa shape index (κ3) is 3.94. The van der Waals surface area contributed by atoms with Crippen molar-refractivity contribution in [3.63, 3.8) is 0 Å². The van der Waals surface area contributed by atoms with Crippen LogP contribution in [0.3, 0.4) is 0 Å². The van der Waals surface area contributed by atoms with Gasteiger partial charge in [0.15, 0.2) is 0 Å². The highest BCUT2D eigenvalue weighted by Crippen LogP contribution is 2.24. The topological polar surface area (TPSA) is 35.6 Å². The average molecular weight is 293 g/mol. The maximum atomic E-state index is 14.1. The number of hydrogen-bond acceptors (Lipinski definition) is 3. The fourth-order valence-electron chi connectivity index (χ4n) is 2.60. The zero-order chi connectivity index (χ0) is 15.2. The number of hydrogen-bond donors (Lipinski definition) is 1. The molecule has 1 saturated heterocycles. The second-order valence-electron chi connectivity index (χ2n) is 5.50. The highest BCUT2D eigenvalue weighted by molar-refractivity contribution is 5.82. The van der Waals surface area contributed by atoms with Crippen molar-refractivity contribution < 1.29 is 9.18 Å². The minimum atomic E-state index is -0.207. The minimum absolute atomic E-state index is 0.0872. The van der Waals surface area contributed by atoms with Crippen LogP contribution < -0.4 is 10.2 Å². The van der Waals surface area contributed by atoms with Gasteiger partial charge in [0.05, 0.1) is 6.54 Å². The molecule has 0 aliphatic carbocycles. The molecule has 0 saturated carbocycles. The zero-order valence-corrected chi connectivity index (χ0v) is 12.9. The fraction of sp³-hybridized carbons (Fsp3) is 0.562. The Labute approximate surface area is 125 Å². The quantitative estimate of drug-likeness (QED) is 0.843. The summed E-state index contributed by atoms with van der Waals surface area (Å²) in [5, 5.41) is 3.25. The summed E-state index contributed by atoms with van der Waals surface area (Å²) in [5.74, 6) is -0.120. The van der Waals surface area contributed by atoms with E-state index in [0.717, 1.165) is 38.2 Å². The third-order valence-corrected chi connectivity index (χ3v) is 3.84. The van der Waals surface area contributed by atoms with Crippen LogP contribution in [0.4, 0.5) is 10.1 Å². The number of carbonyl (C=O) groups is 1. The first kappa shape index (κ1) is 15.8. The standard InChI is InChI=1S/C16H24FN3O/c1-3-8-18-11-13-14(17)6-4-7-15(13)20-10-5-9-19(2)16(21)12-20/h4,6-7,18H,3,5,8-12H2,1-2H3. The van der Waals surface area contributed by atoms with Crippen LogP contribution in [0.25, 0.3) is 0 Å². The minimum Gasteiger partial charge on any atom is -0.362 e. The first-order valence-electron chi connectivity index (χ1n) is 7.60. The summed E-state index contributed by atoms with van der Waals surface area (Å²) < 4.78 is 14.1. The molecule has 1 aliphatic heterocycles. The second kappa shape index (κ2) is 7.41. The van der Waals surface area contributed by atoms with E-state index in [1.165, 1.54) is 6.07 Å². The predicted molar refractivity (Wildman–Crippen MR) is 82.9 cm³/mol. The molecule has 1 N–H and O–H groups in total. The normalized spacial score (nSPS) is 16.2. The molecule has 0 unspecified atom stereocenters. The maximum absolute atomic E-state index is 14.1. The zero-order valence-electron chi connectivity index (χ0n) is 12.9. The summed E-state index contributed by atoms with van der Waals surface area (Å²) in [5.41, 5.74) is 1.49. The Morgan fingerprint density at radius 1 is 1.33 bits per heavy atom. The number of amides is 1. The molecule has 4 nitrogen and oxygen atoms in total. The van der Waals surface area contributed by atoms with Gasteiger partial charge in [0.25, 0.3) is 0 Å². The van der Waals surface area contributed by atoms with Crippen LogP contribution in [0.1, 0.15) is 25.3 Å². The van der Waals surface area contributed by atoms with Crippen molar-refractivity contribution >= 4 is 11.6 Å². The van der Waals surface area contributed by atoms with E-state index in [1.54, 1.807) is 11.0 Å². The highest BCUT2D eigenvalue weighted by atomic mass is 19.1. The molecule has 5 heteroatoms. The van der Waals surface area contributed by atoms with Gasteiger partial charge in [-0.2, -0.15) is 0 Å². The van der Waals surface area contributed by atoms with Crippen molar-refractivity contribution in [1.82, 2.24) is 10.2 Å². The van der Waals surface area contributed by atoms with E-state index in [-0.39, 0.29) is 11.7 Å². The number of carbonyl (C=O) groups excluding carboxylic acids is 1. The molecule has 1 aromatic carbocycles. The number of nitrogens with one attached hydrogen (secondary N) is 1. The van der Waals surface area contributed by atoms with Gasteiger partial charge in [0.1, 0.15) is 5.82 Å². The number of likely N-dealkylation sites (N-methyl/N-ethyl adjacent to an activating group) is 1. The fourth-order valence-corrected chi connectivity index (χ4v) is 2.60. The summed E-state index contributed by atoms with van der Waals surface area (Å²) in [6.07, 6.45) is 1.91. The van der Waals surface area contributed by atoms with Crippen LogP contribution in [0.5, 0.6) is 0 Å². The largest absolute Gasteiger partial charge is 0.362 e. The molecule has 1 amide bonds. The van der Waals surface area contributed by atoms with Gasteiger partial charge >= 0.3 is 0 Å². The van der Waals surface area contributed by atoms with E-state index in [9.17, 15) is 9.18 Å². The number of rotatable bonds is 5. The van der Waals surface area contributed by atoms with Crippen molar-refractivity contribution in [2.45, 2.75) is 26.3 Å². The monoisotopic (exact) mass is 293 g/mol. The van der Waals surface area contributed by atoms with E-state index in [0.29, 0.717) is 18.7 Å². The van der Waals surface area contributed by atoms with Crippen LogP contribution in [0.2, 0.25) is 0 Å². The molecule has 0 spiro atoms. The highest BCUT2D eigenvalue weighted by Gasteiger charge is 2.21. The molecular weight excluding hydrogens is 269 g/mol. The number of benzene rings is 1. The SMILES string of the molecule is CCCNCc1c(F)cccc1N1CCCN(C)C(=O)C1. The van der Waals surface area contributed by atoms with Gasteiger partial charge < -0.3 is 15.1 Å². The van der Waals surface area contributed by atoms with E-state index < -0.39 is 0 Å². The molecule has 0 aromatic heterocycles. The van der Waals surface area contributed by atoms with Crippen LogP contribution in [-0.2, 0) is 11.3 Å². The van der Waals surface area contributed by atoms with Crippen LogP contribution in [0.15, 0.2) is 18.2 Å². The van der Waals surface area contributed by atoms with Gasteiger partial charge in [-0.1, -0.05) is 13.0 Å². The Bertz CT molecular complexity index is 492. The van der Waals surface area contributed by atoms with Gasteiger partial charge in [-0.15, -0.1) is 0 Å². The molecule has 1 aromatic rings. The van der Waals surface area contributed by atoms with Crippen molar-refractivity contribution in [3.8, 4) is 0 Å². The van der Waals surface area contributed by atoms with Crippen LogP contribution >= 0.6 is 0 Å². The van der Waals surface area contributed by atoms with Crippen molar-refractivity contribution in [3.05, 3.63) is 29.6 Å². The maximum Gasteiger partial charge on any atom is 0.241 e. The predicted octanol–water partition coefficient (Wildman–Crippen LogP) is 1.99. The second-order valence-corrected chi connectivity index (χ2v) is 5.50. The summed E-state index contributed by atoms with van der Waals surface area (Å²) in [4.78, 5) is 15.8. The molecule has 2 rings (SSSR count). The molecule has 1 heterocycles. The van der Waals surface area contributed by atoms with Gasteiger partial charge in [-0.05, 0) is 31.5 Å². The van der Waals surface area contributed by atoms with Crippen molar-refractivity contribution in [2.24, 2.45) is 0 Å². The third-order valence-electron chi connectivity index (χ3n) is 3.84. The van der Waals surface area contributed by atoms with Crippen molar-refractivity contribution in [1.29, 1.82) is 0 Å². The first-order valence-corrected chi connectivity index (χ1v) is 7.60. The Balaban J connectivity index is 2.21. The molecule has 21 heavy (non-hydrogen) atoms. The van der Waals surface area contributed by atoms with Gasteiger partial charge in [0, 0.05) is 37.9 Å². The van der Waals surface area contributed by atoms with Gasteiger partial charge in [0.2, 0.25) is 5.91 Å². The van der Waals surface area contributed by atoms with E-state index in [1.807, 2.05) is 18.0 Å². The summed E-state index contributed by atoms with van der Waals surface area (Å²) in [6, 6.07) is 5.11. The lowest BCUT2D eigenvalue weighted by molar-refractivity contribution is -0.127. The molecule has 0 bridgehead atoms. The van der Waals surface area contributed by atoms with Crippen LogP contribution in [0, 0.1) is 5.82 Å².